The first-order valence-electron chi connectivity index (χ1n) is 10.4. The molecule has 0 aromatic carbocycles. The topological polar surface area (TPSA) is 49.7 Å². The minimum atomic E-state index is -0.902. The van der Waals surface area contributed by atoms with Crippen LogP contribution in [-0.4, -0.2) is 35.1 Å². The number of rotatable bonds is 2. The van der Waals surface area contributed by atoms with Crippen molar-refractivity contribution >= 4 is 0 Å². The van der Waals surface area contributed by atoms with Gasteiger partial charge in [0.15, 0.2) is 0 Å². The summed E-state index contributed by atoms with van der Waals surface area (Å²) in [6, 6.07) is 0. The van der Waals surface area contributed by atoms with Gasteiger partial charge in [-0.1, -0.05) is 25.5 Å². The third-order valence-corrected chi connectivity index (χ3v) is 9.30. The van der Waals surface area contributed by atoms with Crippen molar-refractivity contribution in [1.29, 1.82) is 0 Å². The lowest BCUT2D eigenvalue weighted by Gasteiger charge is -2.59. The highest BCUT2D eigenvalue weighted by Crippen LogP contribution is 2.67. The number of ether oxygens (including phenoxy) is 1. The van der Waals surface area contributed by atoms with Crippen LogP contribution in [0.2, 0.25) is 0 Å². The van der Waals surface area contributed by atoms with Crippen LogP contribution in [-0.2, 0) is 4.74 Å². The van der Waals surface area contributed by atoms with Crippen molar-refractivity contribution in [3.05, 3.63) is 11.6 Å². The van der Waals surface area contributed by atoms with Crippen LogP contribution in [0.5, 0.6) is 0 Å². The molecular weight excluding hydrogens is 312 g/mol. The van der Waals surface area contributed by atoms with Crippen LogP contribution < -0.4 is 0 Å². The number of hydrogen-bond donors (Lipinski definition) is 2. The van der Waals surface area contributed by atoms with E-state index in [2.05, 4.69) is 19.9 Å². The average Bonchev–Trinajstić information content (AvgIpc) is 2.87. The van der Waals surface area contributed by atoms with Gasteiger partial charge in [-0.05, 0) is 81.5 Å². The lowest BCUT2D eigenvalue weighted by molar-refractivity contribution is -0.170. The maximum Gasteiger partial charge on any atom is 0.0958 e. The number of aliphatic hydroxyl groups is 2. The first-order valence-corrected chi connectivity index (χ1v) is 10.4. The van der Waals surface area contributed by atoms with Crippen LogP contribution in [0.4, 0.5) is 0 Å². The zero-order valence-electron chi connectivity index (χ0n) is 16.4. The third kappa shape index (κ3) is 2.28. The highest BCUT2D eigenvalue weighted by Gasteiger charge is 2.64. The molecular formula is C22H36O3. The van der Waals surface area contributed by atoms with Gasteiger partial charge in [0, 0.05) is 12.5 Å². The molecule has 4 aliphatic rings. The molecule has 142 valence electrons. The van der Waals surface area contributed by atoms with E-state index in [1.807, 2.05) is 7.11 Å². The second-order valence-corrected chi connectivity index (χ2v) is 9.95. The van der Waals surface area contributed by atoms with Crippen molar-refractivity contribution in [2.24, 2.45) is 28.6 Å². The zero-order valence-corrected chi connectivity index (χ0v) is 16.4. The van der Waals surface area contributed by atoms with Gasteiger partial charge in [0.25, 0.3) is 0 Å². The lowest BCUT2D eigenvalue weighted by atomic mass is 9.46. The average molecular weight is 349 g/mol. The Hall–Kier alpha value is -0.380. The van der Waals surface area contributed by atoms with Crippen molar-refractivity contribution in [2.45, 2.75) is 89.9 Å². The molecule has 3 saturated carbocycles. The molecule has 3 fully saturated rings. The smallest absolute Gasteiger partial charge is 0.0958 e. The molecule has 2 N–H and O–H groups in total. The molecule has 0 aliphatic heterocycles. The Kier molecular flexibility index (Phi) is 4.18. The summed E-state index contributed by atoms with van der Waals surface area (Å²) in [4.78, 5) is 0. The minimum absolute atomic E-state index is 0.131. The highest BCUT2D eigenvalue weighted by molar-refractivity contribution is 5.26. The van der Waals surface area contributed by atoms with Crippen LogP contribution in [0, 0.1) is 28.6 Å². The molecule has 0 aromatic heterocycles. The van der Waals surface area contributed by atoms with Crippen LogP contribution in [0.25, 0.3) is 0 Å². The van der Waals surface area contributed by atoms with E-state index in [1.165, 1.54) is 19.3 Å². The SMILES string of the molecule is CO[C@H]1CC[C@@]2(C)C(=CC[C@@H]3[C@@H]2CC[C@@]2(C)[C@H]3CC[C@]2(O)[C@H](C)O)C1. The Morgan fingerprint density at radius 1 is 1.12 bits per heavy atom. The normalized spacial score (nSPS) is 53.4. The van der Waals surface area contributed by atoms with Crippen LogP contribution in [0.15, 0.2) is 11.6 Å². The first kappa shape index (κ1) is 18.0. The Morgan fingerprint density at radius 3 is 2.52 bits per heavy atom. The Bertz CT molecular complexity index is 570. The molecule has 8 atom stereocenters. The molecule has 25 heavy (non-hydrogen) atoms. The van der Waals surface area contributed by atoms with Crippen molar-refractivity contribution in [2.75, 3.05) is 7.11 Å². The van der Waals surface area contributed by atoms with E-state index in [0.29, 0.717) is 23.4 Å². The summed E-state index contributed by atoms with van der Waals surface area (Å²) >= 11 is 0. The molecule has 3 nitrogen and oxygen atoms in total. The molecule has 0 heterocycles. The third-order valence-electron chi connectivity index (χ3n) is 9.30. The summed E-state index contributed by atoms with van der Waals surface area (Å²) in [5.41, 5.74) is 0.930. The fraction of sp³-hybridized carbons (Fsp3) is 0.909. The van der Waals surface area contributed by atoms with Crippen LogP contribution in [0.1, 0.15) is 72.1 Å². The second-order valence-electron chi connectivity index (χ2n) is 9.95. The van der Waals surface area contributed by atoms with Crippen molar-refractivity contribution in [1.82, 2.24) is 0 Å². The molecule has 4 rings (SSSR count). The van der Waals surface area contributed by atoms with E-state index >= 15 is 0 Å². The highest BCUT2D eigenvalue weighted by atomic mass is 16.5. The van der Waals surface area contributed by atoms with E-state index in [1.54, 1.807) is 12.5 Å². The fourth-order valence-electron chi connectivity index (χ4n) is 7.57. The molecule has 3 heteroatoms. The largest absolute Gasteiger partial charge is 0.390 e. The number of fused-ring (bicyclic) bond motifs is 5. The molecule has 4 aliphatic carbocycles. The van der Waals surface area contributed by atoms with E-state index in [4.69, 9.17) is 4.74 Å². The summed E-state index contributed by atoms with van der Waals surface area (Å²) < 4.78 is 5.66. The zero-order chi connectivity index (χ0) is 18.0. The standard InChI is InChI=1S/C22H36O3/c1-14(23)22(24)12-9-19-17-6-5-15-13-16(25-4)7-10-20(15,2)18(17)8-11-21(19,22)3/h5,14,16-19,23-24H,6-13H2,1-4H3/t14-,16-,17+,18-,19-,20-,21-,22-/m0/s1. The van der Waals surface area contributed by atoms with Crippen LogP contribution >= 0.6 is 0 Å². The molecule has 0 unspecified atom stereocenters. The maximum absolute atomic E-state index is 11.3. The molecule has 0 radical (unpaired) electrons. The van der Waals surface area contributed by atoms with E-state index in [-0.39, 0.29) is 5.41 Å². The molecule has 0 bridgehead atoms. The minimum Gasteiger partial charge on any atom is -0.390 e. The molecule has 0 saturated heterocycles. The summed E-state index contributed by atoms with van der Waals surface area (Å²) in [6.07, 6.45) is 11.0. The van der Waals surface area contributed by atoms with E-state index in [9.17, 15) is 10.2 Å². The van der Waals surface area contributed by atoms with Gasteiger partial charge >= 0.3 is 0 Å². The van der Waals surface area contributed by atoms with Crippen molar-refractivity contribution < 1.29 is 14.9 Å². The fourth-order valence-corrected chi connectivity index (χ4v) is 7.57. The molecule has 0 amide bonds. The summed E-state index contributed by atoms with van der Waals surface area (Å²) in [5, 5.41) is 21.6. The maximum atomic E-state index is 11.3. The second kappa shape index (κ2) is 5.81. The van der Waals surface area contributed by atoms with Gasteiger partial charge in [0.2, 0.25) is 0 Å². The Labute approximate surface area is 152 Å². The Balaban J connectivity index is 1.65. The predicted molar refractivity (Wildman–Crippen MR) is 99.1 cm³/mol. The van der Waals surface area contributed by atoms with Crippen LogP contribution in [0.3, 0.4) is 0 Å². The summed E-state index contributed by atoms with van der Waals surface area (Å²) in [7, 11) is 1.85. The van der Waals surface area contributed by atoms with Crippen molar-refractivity contribution in [3.8, 4) is 0 Å². The van der Waals surface area contributed by atoms with Gasteiger partial charge in [-0.2, -0.15) is 0 Å². The predicted octanol–water partition coefficient (Wildman–Crippen LogP) is 4.08. The van der Waals surface area contributed by atoms with E-state index in [0.717, 1.165) is 38.0 Å². The molecule has 0 aromatic rings. The summed E-state index contributed by atoms with van der Waals surface area (Å²) in [5.74, 6) is 1.94. The van der Waals surface area contributed by atoms with Gasteiger partial charge < -0.3 is 14.9 Å². The lowest BCUT2D eigenvalue weighted by Crippen LogP contribution is -2.58. The van der Waals surface area contributed by atoms with Gasteiger partial charge in [0.1, 0.15) is 0 Å². The number of hydrogen-bond acceptors (Lipinski definition) is 3. The Morgan fingerprint density at radius 2 is 1.84 bits per heavy atom. The monoisotopic (exact) mass is 348 g/mol. The van der Waals surface area contributed by atoms with E-state index < -0.39 is 11.7 Å². The summed E-state index contributed by atoms with van der Waals surface area (Å²) in [6.45, 7) is 6.54. The number of methoxy groups -OCH3 is 1. The first-order chi connectivity index (χ1) is 11.8. The molecule has 0 spiro atoms. The van der Waals surface area contributed by atoms with Gasteiger partial charge in [-0.15, -0.1) is 0 Å². The van der Waals surface area contributed by atoms with Crippen molar-refractivity contribution in [3.63, 3.8) is 0 Å². The van der Waals surface area contributed by atoms with Gasteiger partial charge in [-0.3, -0.25) is 0 Å². The quantitative estimate of drug-likeness (QED) is 0.740. The number of allylic oxidation sites excluding steroid dienone is 1. The van der Waals surface area contributed by atoms with Gasteiger partial charge in [0.05, 0.1) is 17.8 Å². The number of aliphatic hydroxyl groups excluding tert-OH is 1. The van der Waals surface area contributed by atoms with Gasteiger partial charge in [-0.25, -0.2) is 0 Å².